The van der Waals surface area contributed by atoms with E-state index < -0.39 is 11.6 Å². The van der Waals surface area contributed by atoms with E-state index in [1.54, 1.807) is 7.11 Å². The van der Waals surface area contributed by atoms with Crippen LogP contribution in [0.15, 0.2) is 12.1 Å². The molecule has 1 heterocycles. The highest BCUT2D eigenvalue weighted by molar-refractivity contribution is 5.35. The van der Waals surface area contributed by atoms with Crippen molar-refractivity contribution in [2.75, 3.05) is 33.9 Å². The summed E-state index contributed by atoms with van der Waals surface area (Å²) in [4.78, 5) is 2.17. The maximum Gasteiger partial charge on any atom is 0.167 e. The van der Waals surface area contributed by atoms with E-state index in [1.807, 2.05) is 0 Å². The summed E-state index contributed by atoms with van der Waals surface area (Å²) < 4.78 is 37.7. The average molecular weight is 299 g/mol. The predicted molar refractivity (Wildman–Crippen MR) is 77.4 cm³/mol. The zero-order valence-electron chi connectivity index (χ0n) is 12.7. The Balaban J connectivity index is 2.05. The highest BCUT2D eigenvalue weighted by Crippen LogP contribution is 2.28. The second kappa shape index (κ2) is 7.71. The Labute approximate surface area is 124 Å². The summed E-state index contributed by atoms with van der Waals surface area (Å²) in [5.41, 5.74) is 0.310. The molecule has 0 saturated carbocycles. The molecule has 0 radical (unpaired) electrons. The van der Waals surface area contributed by atoms with E-state index >= 15 is 0 Å². The van der Waals surface area contributed by atoms with Gasteiger partial charge in [0.25, 0.3) is 0 Å². The van der Waals surface area contributed by atoms with Gasteiger partial charge in [0, 0.05) is 32.4 Å². The van der Waals surface area contributed by atoms with Crippen LogP contribution >= 0.6 is 0 Å². The molecule has 2 rings (SSSR count). The molecule has 0 aromatic heterocycles. The summed E-state index contributed by atoms with van der Waals surface area (Å²) in [7, 11) is 3.18. The number of hydrogen-bond donors (Lipinski definition) is 0. The Morgan fingerprint density at radius 2 is 2.10 bits per heavy atom. The zero-order valence-corrected chi connectivity index (χ0v) is 12.7. The average Bonchev–Trinajstić information content (AvgIpc) is 2.50. The van der Waals surface area contributed by atoms with Crippen LogP contribution in [-0.2, 0) is 11.3 Å². The van der Waals surface area contributed by atoms with Crippen molar-refractivity contribution in [1.29, 1.82) is 0 Å². The minimum atomic E-state index is -0.821. The quantitative estimate of drug-likeness (QED) is 0.805. The van der Waals surface area contributed by atoms with Gasteiger partial charge >= 0.3 is 0 Å². The molecule has 1 unspecified atom stereocenters. The zero-order chi connectivity index (χ0) is 15.2. The smallest absolute Gasteiger partial charge is 0.167 e. The first-order chi connectivity index (χ1) is 10.2. The van der Waals surface area contributed by atoms with Crippen molar-refractivity contribution >= 4 is 0 Å². The lowest BCUT2D eigenvalue weighted by Crippen LogP contribution is -2.35. The number of methoxy groups -OCH3 is 2. The van der Waals surface area contributed by atoms with Crippen LogP contribution < -0.4 is 4.74 Å². The highest BCUT2D eigenvalue weighted by atomic mass is 19.2. The molecule has 1 aliphatic heterocycles. The monoisotopic (exact) mass is 299 g/mol. The van der Waals surface area contributed by atoms with Crippen LogP contribution in [0.3, 0.4) is 0 Å². The van der Waals surface area contributed by atoms with Crippen molar-refractivity contribution in [2.24, 2.45) is 5.92 Å². The van der Waals surface area contributed by atoms with Crippen LogP contribution in [0.25, 0.3) is 0 Å². The fraction of sp³-hybridized carbons (Fsp3) is 0.625. The molecule has 1 aliphatic rings. The normalized spacial score (nSPS) is 19.7. The third kappa shape index (κ3) is 4.14. The number of ether oxygens (including phenoxy) is 2. The van der Waals surface area contributed by atoms with Crippen LogP contribution in [0.4, 0.5) is 8.78 Å². The minimum absolute atomic E-state index is 0.310. The first-order valence-corrected chi connectivity index (χ1v) is 7.37. The second-order valence-corrected chi connectivity index (χ2v) is 5.57. The summed E-state index contributed by atoms with van der Waals surface area (Å²) in [6.45, 7) is 2.93. The fourth-order valence-electron chi connectivity index (χ4n) is 2.95. The van der Waals surface area contributed by atoms with Crippen LogP contribution in [0.1, 0.15) is 24.8 Å². The van der Waals surface area contributed by atoms with Crippen molar-refractivity contribution in [3.05, 3.63) is 29.3 Å². The van der Waals surface area contributed by atoms with Gasteiger partial charge in [-0.25, -0.2) is 8.78 Å². The Hall–Kier alpha value is -1.20. The number of hydrogen-bond acceptors (Lipinski definition) is 3. The van der Waals surface area contributed by atoms with Gasteiger partial charge in [0.05, 0.1) is 7.11 Å². The van der Waals surface area contributed by atoms with Crippen molar-refractivity contribution in [3.8, 4) is 5.75 Å². The summed E-state index contributed by atoms with van der Waals surface area (Å²) in [5, 5.41) is 0. The highest BCUT2D eigenvalue weighted by Gasteiger charge is 2.23. The first kappa shape index (κ1) is 16.2. The molecule has 118 valence electrons. The maximum absolute atomic E-state index is 14.0. The van der Waals surface area contributed by atoms with E-state index in [9.17, 15) is 8.78 Å². The molecule has 1 aromatic rings. The van der Waals surface area contributed by atoms with E-state index in [-0.39, 0.29) is 0 Å². The molecular formula is C16H23F2NO2. The third-order valence-corrected chi connectivity index (χ3v) is 4.09. The fourth-order valence-corrected chi connectivity index (χ4v) is 2.95. The molecule has 0 bridgehead atoms. The molecule has 0 amide bonds. The van der Waals surface area contributed by atoms with Gasteiger partial charge in [0.1, 0.15) is 5.75 Å². The molecule has 0 spiro atoms. The SMILES string of the molecule is COCCC1CCCN(Cc2c(OC)ccc(F)c2F)C1. The Morgan fingerprint density at radius 1 is 1.29 bits per heavy atom. The van der Waals surface area contributed by atoms with Gasteiger partial charge in [-0.05, 0) is 43.9 Å². The standard InChI is InChI=1S/C16H23F2NO2/c1-20-9-7-12-4-3-8-19(10-12)11-13-15(21-2)6-5-14(17)16(13)18/h5-6,12H,3-4,7-11H2,1-2H3. The van der Waals surface area contributed by atoms with Crippen LogP contribution in [0.2, 0.25) is 0 Å². The topological polar surface area (TPSA) is 21.7 Å². The molecule has 21 heavy (non-hydrogen) atoms. The molecule has 3 nitrogen and oxygen atoms in total. The van der Waals surface area contributed by atoms with E-state index in [1.165, 1.54) is 19.6 Å². The molecule has 1 atom stereocenters. The second-order valence-electron chi connectivity index (χ2n) is 5.57. The Kier molecular flexibility index (Phi) is 5.94. The maximum atomic E-state index is 14.0. The van der Waals surface area contributed by atoms with Gasteiger partial charge < -0.3 is 9.47 Å². The number of benzene rings is 1. The lowest BCUT2D eigenvalue weighted by Gasteiger charge is -2.33. The van der Waals surface area contributed by atoms with Crippen molar-refractivity contribution in [2.45, 2.75) is 25.8 Å². The van der Waals surface area contributed by atoms with Gasteiger partial charge in [0.2, 0.25) is 0 Å². The van der Waals surface area contributed by atoms with Crippen molar-refractivity contribution < 1.29 is 18.3 Å². The van der Waals surface area contributed by atoms with Gasteiger partial charge in [-0.15, -0.1) is 0 Å². The molecule has 1 aromatic carbocycles. The summed E-state index contributed by atoms with van der Waals surface area (Å²) in [5.74, 6) is -0.652. The molecule has 0 N–H and O–H groups in total. The molecule has 1 fully saturated rings. The summed E-state index contributed by atoms with van der Waals surface area (Å²) in [6, 6.07) is 2.59. The summed E-state index contributed by atoms with van der Waals surface area (Å²) >= 11 is 0. The molecule has 1 saturated heterocycles. The minimum Gasteiger partial charge on any atom is -0.496 e. The Bertz CT molecular complexity index is 468. The summed E-state index contributed by atoms with van der Waals surface area (Å²) in [6.07, 6.45) is 3.26. The van der Waals surface area contributed by atoms with Crippen LogP contribution in [-0.4, -0.2) is 38.8 Å². The van der Waals surface area contributed by atoms with E-state index in [2.05, 4.69) is 4.90 Å². The molecule has 5 heteroatoms. The number of likely N-dealkylation sites (tertiary alicyclic amines) is 1. The molecule has 0 aliphatic carbocycles. The number of piperidine rings is 1. The number of halogens is 2. The van der Waals surface area contributed by atoms with Gasteiger partial charge in [0.15, 0.2) is 11.6 Å². The van der Waals surface area contributed by atoms with Crippen LogP contribution in [0.5, 0.6) is 5.75 Å². The number of rotatable bonds is 6. The predicted octanol–water partition coefficient (Wildman–Crippen LogP) is 3.22. The first-order valence-electron chi connectivity index (χ1n) is 7.37. The van der Waals surface area contributed by atoms with E-state index in [4.69, 9.17) is 9.47 Å². The van der Waals surface area contributed by atoms with E-state index in [0.29, 0.717) is 23.8 Å². The van der Waals surface area contributed by atoms with Crippen LogP contribution in [0, 0.1) is 17.6 Å². The number of nitrogens with zero attached hydrogens (tertiary/aromatic N) is 1. The van der Waals surface area contributed by atoms with Crippen molar-refractivity contribution in [3.63, 3.8) is 0 Å². The Morgan fingerprint density at radius 3 is 2.81 bits per heavy atom. The lowest BCUT2D eigenvalue weighted by atomic mass is 9.94. The van der Waals surface area contributed by atoms with E-state index in [0.717, 1.165) is 38.6 Å². The third-order valence-electron chi connectivity index (χ3n) is 4.09. The van der Waals surface area contributed by atoms with Gasteiger partial charge in [-0.1, -0.05) is 0 Å². The van der Waals surface area contributed by atoms with Crippen molar-refractivity contribution in [1.82, 2.24) is 4.90 Å². The van der Waals surface area contributed by atoms with Gasteiger partial charge in [-0.3, -0.25) is 4.90 Å². The molecular weight excluding hydrogens is 276 g/mol. The van der Waals surface area contributed by atoms with Gasteiger partial charge in [-0.2, -0.15) is 0 Å². The lowest BCUT2D eigenvalue weighted by molar-refractivity contribution is 0.122. The largest absolute Gasteiger partial charge is 0.496 e.